The Hall–Kier alpha value is -1.75. The van der Waals surface area contributed by atoms with Crippen molar-refractivity contribution in [2.75, 3.05) is 6.54 Å². The van der Waals surface area contributed by atoms with Crippen molar-refractivity contribution in [3.63, 3.8) is 0 Å². The molecule has 1 N–H and O–H groups in total. The van der Waals surface area contributed by atoms with Gasteiger partial charge in [-0.1, -0.05) is 13.0 Å². The summed E-state index contributed by atoms with van der Waals surface area (Å²) in [4.78, 5) is 14.7. The van der Waals surface area contributed by atoms with Crippen LogP contribution in [-0.4, -0.2) is 29.3 Å². The van der Waals surface area contributed by atoms with Gasteiger partial charge in [0.15, 0.2) is 5.82 Å². The summed E-state index contributed by atoms with van der Waals surface area (Å²) < 4.78 is 30.8. The van der Waals surface area contributed by atoms with Gasteiger partial charge in [-0.2, -0.15) is 0 Å². The van der Waals surface area contributed by atoms with Gasteiger partial charge < -0.3 is 0 Å². The van der Waals surface area contributed by atoms with Crippen LogP contribution < -0.4 is 10.4 Å². The fourth-order valence-electron chi connectivity index (χ4n) is 2.85. The van der Waals surface area contributed by atoms with Crippen LogP contribution in [0.5, 0.6) is 0 Å². The largest absolute Gasteiger partial charge is 0.346 e. The number of thiophene rings is 2. The summed E-state index contributed by atoms with van der Waals surface area (Å²) in [5.74, 6) is 0.672. The number of nitrogens with zero attached hydrogens (tertiary/aromatic N) is 3. The molecule has 1 saturated carbocycles. The van der Waals surface area contributed by atoms with Crippen molar-refractivity contribution in [3.05, 3.63) is 45.0 Å². The molecule has 4 rings (SSSR count). The highest BCUT2D eigenvalue weighted by atomic mass is 32.2. The monoisotopic (exact) mass is 424 g/mol. The smallest absolute Gasteiger partial charge is 0.271 e. The standard InChI is InChI=1S/C17H20N4O3S3/c1-2-13-7-8-15(26-13)27(23,24)18-9-10-20-17(22)21(12-5-6-12)16(19-20)14-4-3-11-25-14/h3-4,7-8,11-12,18H,2,5-6,9-10H2,1H3. The fourth-order valence-corrected chi connectivity index (χ4v) is 5.92. The normalized spacial score (nSPS) is 14.7. The first kappa shape index (κ1) is 18.6. The van der Waals surface area contributed by atoms with Crippen LogP contribution in [0.3, 0.4) is 0 Å². The van der Waals surface area contributed by atoms with E-state index >= 15 is 0 Å². The van der Waals surface area contributed by atoms with Crippen molar-refractivity contribution in [1.29, 1.82) is 0 Å². The molecule has 1 aliphatic carbocycles. The second-order valence-electron chi connectivity index (χ2n) is 6.38. The highest BCUT2D eigenvalue weighted by Crippen LogP contribution is 2.37. The third kappa shape index (κ3) is 3.79. The van der Waals surface area contributed by atoms with E-state index in [2.05, 4.69) is 9.82 Å². The summed E-state index contributed by atoms with van der Waals surface area (Å²) in [6.45, 7) is 2.30. The molecule has 0 amide bonds. The molecule has 27 heavy (non-hydrogen) atoms. The molecule has 0 atom stereocenters. The maximum atomic E-state index is 12.7. The van der Waals surface area contributed by atoms with Crippen molar-refractivity contribution >= 4 is 32.7 Å². The lowest BCUT2D eigenvalue weighted by atomic mass is 10.4. The van der Waals surface area contributed by atoms with Crippen molar-refractivity contribution < 1.29 is 8.42 Å². The summed E-state index contributed by atoms with van der Waals surface area (Å²) in [5, 5.41) is 6.42. The predicted octanol–water partition coefficient (Wildman–Crippen LogP) is 2.71. The number of aryl methyl sites for hydroxylation is 1. The Kier molecular flexibility index (Phi) is 5.06. The zero-order valence-electron chi connectivity index (χ0n) is 14.8. The van der Waals surface area contributed by atoms with Crippen LogP contribution in [0, 0.1) is 0 Å². The third-order valence-electron chi connectivity index (χ3n) is 4.39. The van der Waals surface area contributed by atoms with E-state index in [1.54, 1.807) is 22.0 Å². The molecule has 0 radical (unpaired) electrons. The number of hydrogen-bond acceptors (Lipinski definition) is 6. The van der Waals surface area contributed by atoms with Crippen LogP contribution in [0.15, 0.2) is 38.6 Å². The minimum Gasteiger partial charge on any atom is -0.271 e. The lowest BCUT2D eigenvalue weighted by molar-refractivity contribution is 0.548. The van der Waals surface area contributed by atoms with E-state index in [4.69, 9.17) is 0 Å². The summed E-state index contributed by atoms with van der Waals surface area (Å²) in [6, 6.07) is 7.53. The molecule has 144 valence electrons. The quantitative estimate of drug-likeness (QED) is 0.602. The molecule has 10 heteroatoms. The zero-order valence-corrected chi connectivity index (χ0v) is 17.2. The molecule has 3 heterocycles. The number of rotatable bonds is 8. The van der Waals surface area contributed by atoms with Gasteiger partial charge in [-0.3, -0.25) is 4.57 Å². The van der Waals surface area contributed by atoms with Gasteiger partial charge in [0.05, 0.1) is 11.4 Å². The second kappa shape index (κ2) is 7.34. The molecule has 7 nitrogen and oxygen atoms in total. The van der Waals surface area contributed by atoms with Crippen LogP contribution in [0.2, 0.25) is 0 Å². The Labute approximate surface area is 165 Å². The molecule has 0 aliphatic heterocycles. The SMILES string of the molecule is CCc1ccc(S(=O)(=O)NCCn2nc(-c3cccs3)n(C3CC3)c2=O)s1. The Morgan fingerprint density at radius 3 is 2.74 bits per heavy atom. The maximum absolute atomic E-state index is 12.7. The molecule has 3 aromatic rings. The van der Waals surface area contributed by atoms with Crippen molar-refractivity contribution in [1.82, 2.24) is 19.1 Å². The number of nitrogens with one attached hydrogen (secondary N) is 1. The van der Waals surface area contributed by atoms with Gasteiger partial charge >= 0.3 is 5.69 Å². The van der Waals surface area contributed by atoms with Crippen LogP contribution in [0.1, 0.15) is 30.7 Å². The average Bonchev–Trinajstić information content (AvgIpc) is 3.06. The van der Waals surface area contributed by atoms with Crippen LogP contribution in [0.25, 0.3) is 10.7 Å². The van der Waals surface area contributed by atoms with Crippen molar-refractivity contribution in [2.24, 2.45) is 0 Å². The van der Waals surface area contributed by atoms with Gasteiger partial charge in [0, 0.05) is 17.5 Å². The lowest BCUT2D eigenvalue weighted by Gasteiger charge is -2.04. The summed E-state index contributed by atoms with van der Waals surface area (Å²) in [5.41, 5.74) is -0.176. The maximum Gasteiger partial charge on any atom is 0.346 e. The number of aromatic nitrogens is 3. The van der Waals surface area contributed by atoms with Gasteiger partial charge in [0.2, 0.25) is 10.0 Å². The van der Waals surface area contributed by atoms with Crippen LogP contribution >= 0.6 is 22.7 Å². The molecule has 0 bridgehead atoms. The molecular weight excluding hydrogens is 404 g/mol. The molecule has 0 spiro atoms. The third-order valence-corrected chi connectivity index (χ3v) is 8.44. The van der Waals surface area contributed by atoms with Gasteiger partial charge in [0.1, 0.15) is 4.21 Å². The Morgan fingerprint density at radius 2 is 2.11 bits per heavy atom. The topological polar surface area (TPSA) is 86.0 Å². The second-order valence-corrected chi connectivity index (χ2v) is 10.5. The first-order valence-electron chi connectivity index (χ1n) is 8.81. The molecule has 0 aromatic carbocycles. The van der Waals surface area contributed by atoms with Crippen molar-refractivity contribution in [3.8, 4) is 10.7 Å². The van der Waals surface area contributed by atoms with Crippen molar-refractivity contribution in [2.45, 2.75) is 43.0 Å². The van der Waals surface area contributed by atoms with Gasteiger partial charge in [-0.25, -0.2) is 22.6 Å². The number of sulfonamides is 1. The van der Waals surface area contributed by atoms with E-state index in [0.717, 1.165) is 29.0 Å². The van der Waals surface area contributed by atoms with E-state index < -0.39 is 10.0 Å². The van der Waals surface area contributed by atoms with Gasteiger partial charge in [-0.15, -0.1) is 27.8 Å². The summed E-state index contributed by atoms with van der Waals surface area (Å²) in [6.07, 6.45) is 2.77. The minimum absolute atomic E-state index is 0.118. The molecular formula is C17H20N4O3S3. The van der Waals surface area contributed by atoms with Crippen LogP contribution in [-0.2, 0) is 23.0 Å². The first-order valence-corrected chi connectivity index (χ1v) is 12.0. The fraction of sp³-hybridized carbons (Fsp3) is 0.412. The van der Waals surface area contributed by atoms with Crippen LogP contribution in [0.4, 0.5) is 0 Å². The lowest BCUT2D eigenvalue weighted by Crippen LogP contribution is -2.31. The zero-order chi connectivity index (χ0) is 19.0. The molecule has 0 saturated heterocycles. The summed E-state index contributed by atoms with van der Waals surface area (Å²) in [7, 11) is -3.56. The molecule has 3 aromatic heterocycles. The summed E-state index contributed by atoms with van der Waals surface area (Å²) >= 11 is 2.81. The van der Waals surface area contributed by atoms with E-state index in [1.807, 2.05) is 30.5 Å². The first-order chi connectivity index (χ1) is 13.0. The molecule has 0 unspecified atom stereocenters. The minimum atomic E-state index is -3.56. The highest BCUT2D eigenvalue weighted by molar-refractivity contribution is 7.91. The molecule has 1 fully saturated rings. The predicted molar refractivity (Wildman–Crippen MR) is 107 cm³/mol. The van der Waals surface area contributed by atoms with E-state index in [1.165, 1.54) is 16.0 Å². The highest BCUT2D eigenvalue weighted by Gasteiger charge is 2.30. The van der Waals surface area contributed by atoms with E-state index in [0.29, 0.717) is 10.0 Å². The van der Waals surface area contributed by atoms with E-state index in [-0.39, 0.29) is 24.8 Å². The van der Waals surface area contributed by atoms with Gasteiger partial charge in [0.25, 0.3) is 0 Å². The van der Waals surface area contributed by atoms with Gasteiger partial charge in [-0.05, 0) is 42.8 Å². The Bertz CT molecular complexity index is 1090. The number of hydrogen-bond donors (Lipinski definition) is 1. The molecule has 1 aliphatic rings. The Balaban J connectivity index is 1.50. The Morgan fingerprint density at radius 1 is 1.30 bits per heavy atom. The average molecular weight is 425 g/mol. The van der Waals surface area contributed by atoms with E-state index in [9.17, 15) is 13.2 Å².